The van der Waals surface area contributed by atoms with Crippen LogP contribution in [-0.4, -0.2) is 40.6 Å². The van der Waals surface area contributed by atoms with Crippen LogP contribution in [-0.2, 0) is 15.0 Å². The first-order valence-corrected chi connectivity index (χ1v) is 6.31. The Hall–Kier alpha value is -1.89. The number of hydrogen-bond acceptors (Lipinski definition) is 3. The molecule has 1 fully saturated rings. The average molecular weight is 301 g/mol. The maximum atomic E-state index is 12.4. The lowest BCUT2D eigenvalue weighted by Gasteiger charge is -2.24. The summed E-state index contributed by atoms with van der Waals surface area (Å²) in [7, 11) is 0. The summed E-state index contributed by atoms with van der Waals surface area (Å²) in [5.41, 5.74) is -0.628. The molecule has 1 N–H and O–H groups in total. The van der Waals surface area contributed by atoms with E-state index in [2.05, 4.69) is 0 Å². The van der Waals surface area contributed by atoms with Gasteiger partial charge in [0.05, 0.1) is 12.0 Å². The Kier molecular flexibility index (Phi) is 3.79. The van der Waals surface area contributed by atoms with Gasteiger partial charge in [0.1, 0.15) is 0 Å². The molecule has 0 aromatic heterocycles. The number of halogens is 3. The van der Waals surface area contributed by atoms with Crippen molar-refractivity contribution in [1.82, 2.24) is 4.90 Å². The molecule has 114 valence electrons. The molecule has 0 aliphatic carbocycles. The quantitative estimate of drug-likeness (QED) is 0.863. The highest BCUT2D eigenvalue weighted by Gasteiger charge is 2.51. The van der Waals surface area contributed by atoms with Crippen LogP contribution in [0.1, 0.15) is 18.9 Å². The Balaban J connectivity index is 2.25. The van der Waals surface area contributed by atoms with E-state index >= 15 is 0 Å². The third kappa shape index (κ3) is 2.78. The van der Waals surface area contributed by atoms with Crippen LogP contribution in [0.5, 0.6) is 0 Å². The third-order valence-corrected chi connectivity index (χ3v) is 3.67. The van der Waals surface area contributed by atoms with E-state index in [9.17, 15) is 22.8 Å². The molecular weight excluding hydrogens is 287 g/mol. The highest BCUT2D eigenvalue weighted by molar-refractivity contribution is 6.08. The largest absolute Gasteiger partial charge is 0.416 e. The number of rotatable bonds is 3. The topological polar surface area (TPSA) is 57.6 Å². The molecule has 1 aromatic rings. The minimum Gasteiger partial charge on any atom is -0.382 e. The first-order chi connectivity index (χ1) is 9.66. The Labute approximate surface area is 119 Å². The fourth-order valence-electron chi connectivity index (χ4n) is 2.38. The summed E-state index contributed by atoms with van der Waals surface area (Å²) in [6.07, 6.45) is -7.81. The van der Waals surface area contributed by atoms with Crippen LogP contribution >= 0.6 is 0 Å². The smallest absolute Gasteiger partial charge is 0.382 e. The molecule has 1 saturated heterocycles. The van der Waals surface area contributed by atoms with Crippen LogP contribution in [0.2, 0.25) is 0 Å². The van der Waals surface area contributed by atoms with Gasteiger partial charge >= 0.3 is 6.18 Å². The minimum atomic E-state index is -4.87. The monoisotopic (exact) mass is 301 g/mol. The van der Waals surface area contributed by atoms with Crippen molar-refractivity contribution in [2.75, 3.05) is 6.54 Å². The minimum absolute atomic E-state index is 0.208. The molecule has 0 radical (unpaired) electrons. The highest BCUT2D eigenvalue weighted by Crippen LogP contribution is 2.36. The van der Waals surface area contributed by atoms with E-state index in [1.807, 2.05) is 0 Å². The predicted octanol–water partition coefficient (Wildman–Crippen LogP) is 1.63. The average Bonchev–Trinajstić information content (AvgIpc) is 2.63. The second-order valence-corrected chi connectivity index (χ2v) is 5.24. The SMILES string of the molecule is CC1(c2ccccc2)CC(=O)N(CC(O)C(F)(F)F)C1=O. The first-order valence-electron chi connectivity index (χ1n) is 6.31. The summed E-state index contributed by atoms with van der Waals surface area (Å²) in [5, 5.41) is 9.05. The molecule has 0 saturated carbocycles. The fraction of sp³-hybridized carbons (Fsp3) is 0.429. The number of carbonyl (C=O) groups excluding carboxylic acids is 2. The van der Waals surface area contributed by atoms with Crippen LogP contribution in [0.15, 0.2) is 30.3 Å². The maximum absolute atomic E-state index is 12.4. The highest BCUT2D eigenvalue weighted by atomic mass is 19.4. The van der Waals surface area contributed by atoms with Gasteiger partial charge in [-0.25, -0.2) is 0 Å². The number of amides is 2. The molecule has 21 heavy (non-hydrogen) atoms. The van der Waals surface area contributed by atoms with Gasteiger partial charge in [0.15, 0.2) is 6.10 Å². The Morgan fingerprint density at radius 3 is 2.38 bits per heavy atom. The van der Waals surface area contributed by atoms with E-state index in [-0.39, 0.29) is 6.42 Å². The molecule has 2 atom stereocenters. The van der Waals surface area contributed by atoms with E-state index in [4.69, 9.17) is 5.11 Å². The summed E-state index contributed by atoms with van der Waals surface area (Å²) in [6, 6.07) is 8.40. The summed E-state index contributed by atoms with van der Waals surface area (Å²) in [5.74, 6) is -1.43. The van der Waals surface area contributed by atoms with Crippen molar-refractivity contribution in [3.63, 3.8) is 0 Å². The van der Waals surface area contributed by atoms with Crippen molar-refractivity contribution in [3.8, 4) is 0 Å². The van der Waals surface area contributed by atoms with E-state index in [1.54, 1.807) is 30.3 Å². The van der Waals surface area contributed by atoms with Gasteiger partial charge in [-0.1, -0.05) is 30.3 Å². The number of benzene rings is 1. The van der Waals surface area contributed by atoms with Crippen LogP contribution in [0.25, 0.3) is 0 Å². The lowest BCUT2D eigenvalue weighted by Crippen LogP contribution is -2.45. The Morgan fingerprint density at radius 1 is 1.29 bits per heavy atom. The number of aliphatic hydroxyl groups excluding tert-OH is 1. The lowest BCUT2D eigenvalue weighted by atomic mass is 9.81. The number of imide groups is 1. The van der Waals surface area contributed by atoms with Crippen LogP contribution in [0.4, 0.5) is 13.2 Å². The normalized spacial score (nSPS) is 24.5. The van der Waals surface area contributed by atoms with Gasteiger partial charge in [0, 0.05) is 6.42 Å². The molecule has 2 unspecified atom stereocenters. The van der Waals surface area contributed by atoms with E-state index in [1.165, 1.54) is 6.92 Å². The number of hydrogen-bond donors (Lipinski definition) is 1. The zero-order chi connectivity index (χ0) is 15.8. The molecule has 1 aromatic carbocycles. The van der Waals surface area contributed by atoms with Crippen LogP contribution in [0.3, 0.4) is 0 Å². The van der Waals surface area contributed by atoms with E-state index in [0.29, 0.717) is 10.5 Å². The van der Waals surface area contributed by atoms with Gasteiger partial charge in [-0.3, -0.25) is 14.5 Å². The van der Waals surface area contributed by atoms with Gasteiger partial charge in [0.2, 0.25) is 11.8 Å². The molecule has 0 spiro atoms. The maximum Gasteiger partial charge on any atom is 0.416 e. The van der Waals surface area contributed by atoms with Gasteiger partial charge in [-0.05, 0) is 12.5 Å². The lowest BCUT2D eigenvalue weighted by molar-refractivity contribution is -0.207. The molecule has 0 bridgehead atoms. The number of likely N-dealkylation sites (tertiary alicyclic amines) is 1. The molecule has 7 heteroatoms. The zero-order valence-electron chi connectivity index (χ0n) is 11.2. The first kappa shape index (κ1) is 15.5. The molecule has 4 nitrogen and oxygen atoms in total. The Morgan fingerprint density at radius 2 is 1.86 bits per heavy atom. The van der Waals surface area contributed by atoms with Crippen molar-refractivity contribution >= 4 is 11.8 Å². The molecular formula is C14H14F3NO3. The summed E-state index contributed by atoms with van der Waals surface area (Å²) >= 11 is 0. The van der Waals surface area contributed by atoms with Crippen molar-refractivity contribution < 1.29 is 27.9 Å². The zero-order valence-corrected chi connectivity index (χ0v) is 11.2. The van der Waals surface area contributed by atoms with Crippen LogP contribution in [0, 0.1) is 0 Å². The summed E-state index contributed by atoms with van der Waals surface area (Å²) in [6.45, 7) is 0.451. The number of alkyl halides is 3. The van der Waals surface area contributed by atoms with Crippen molar-refractivity contribution in [1.29, 1.82) is 0 Å². The molecule has 1 aliphatic heterocycles. The number of β-amino-alcohol motifs (C(OH)–C–C–N with tert-alkyl or cyclic N) is 1. The summed E-state index contributed by atoms with van der Waals surface area (Å²) in [4.78, 5) is 24.7. The van der Waals surface area contributed by atoms with Gasteiger partial charge in [-0.15, -0.1) is 0 Å². The van der Waals surface area contributed by atoms with E-state index < -0.39 is 36.1 Å². The van der Waals surface area contributed by atoms with Gasteiger partial charge < -0.3 is 5.11 Å². The number of carbonyl (C=O) groups is 2. The number of aliphatic hydroxyl groups is 1. The molecule has 1 aliphatic rings. The summed E-state index contributed by atoms with van der Waals surface area (Å²) < 4.78 is 37.1. The fourth-order valence-corrected chi connectivity index (χ4v) is 2.38. The second kappa shape index (κ2) is 5.14. The standard InChI is InChI=1S/C14H14F3NO3/c1-13(9-5-3-2-4-6-9)7-11(20)18(12(13)21)8-10(19)14(15,16)17/h2-6,10,19H,7-8H2,1H3. The van der Waals surface area contributed by atoms with Gasteiger partial charge in [-0.2, -0.15) is 13.2 Å². The van der Waals surface area contributed by atoms with Crippen molar-refractivity contribution in [3.05, 3.63) is 35.9 Å². The molecule has 2 amide bonds. The van der Waals surface area contributed by atoms with Crippen molar-refractivity contribution in [2.24, 2.45) is 0 Å². The third-order valence-electron chi connectivity index (χ3n) is 3.67. The number of nitrogens with zero attached hydrogens (tertiary/aromatic N) is 1. The predicted molar refractivity (Wildman–Crippen MR) is 67.2 cm³/mol. The Bertz CT molecular complexity index is 558. The van der Waals surface area contributed by atoms with Crippen LogP contribution < -0.4 is 0 Å². The van der Waals surface area contributed by atoms with Crippen molar-refractivity contribution in [2.45, 2.75) is 31.0 Å². The second-order valence-electron chi connectivity index (χ2n) is 5.24. The van der Waals surface area contributed by atoms with E-state index in [0.717, 1.165) is 0 Å². The molecule has 1 heterocycles. The molecule has 2 rings (SSSR count). The van der Waals surface area contributed by atoms with Gasteiger partial charge in [0.25, 0.3) is 0 Å².